The number of ketones is 1. The molecule has 4 heteroatoms. The van der Waals surface area contributed by atoms with Gasteiger partial charge >= 0.3 is 0 Å². The first-order valence-corrected chi connectivity index (χ1v) is 6.99. The number of carbonyl (C=O) groups is 2. The van der Waals surface area contributed by atoms with Crippen LogP contribution in [0.1, 0.15) is 46.5 Å². The van der Waals surface area contributed by atoms with Crippen molar-refractivity contribution in [3.05, 3.63) is 0 Å². The summed E-state index contributed by atoms with van der Waals surface area (Å²) in [4.78, 5) is 26.6. The van der Waals surface area contributed by atoms with Crippen LogP contribution in [0.15, 0.2) is 0 Å². The third-order valence-corrected chi connectivity index (χ3v) is 3.94. The van der Waals surface area contributed by atoms with Gasteiger partial charge in [-0.15, -0.1) is 0 Å². The summed E-state index contributed by atoms with van der Waals surface area (Å²) < 4.78 is 0. The fourth-order valence-corrected chi connectivity index (χ4v) is 2.90. The minimum atomic E-state index is -0.364. The molecule has 0 radical (unpaired) electrons. The summed E-state index contributed by atoms with van der Waals surface area (Å²) in [6.07, 6.45) is 3.74. The molecule has 4 nitrogen and oxygen atoms in total. The maximum atomic E-state index is 12.4. The number of rotatable bonds is 2. The lowest BCUT2D eigenvalue weighted by molar-refractivity contribution is -0.141. The van der Waals surface area contributed by atoms with Crippen molar-refractivity contribution in [2.24, 2.45) is 5.41 Å². The fourth-order valence-electron chi connectivity index (χ4n) is 2.90. The van der Waals surface area contributed by atoms with Gasteiger partial charge in [0.05, 0.1) is 12.1 Å². The first-order valence-electron chi connectivity index (χ1n) is 6.99. The van der Waals surface area contributed by atoms with E-state index < -0.39 is 0 Å². The SMILES string of the molecule is CC(C)(C)C(=O)C1CCCN1C(=O)[C@@H]1CCCN1. The Morgan fingerprint density at radius 1 is 1.17 bits per heavy atom. The molecule has 0 bridgehead atoms. The minimum Gasteiger partial charge on any atom is -0.331 e. The second-order valence-corrected chi connectivity index (χ2v) is 6.45. The Kier molecular flexibility index (Phi) is 3.76. The lowest BCUT2D eigenvalue weighted by Gasteiger charge is -2.30. The number of Topliss-reactive ketones (excluding diaryl/α,β-unsaturated/α-hetero) is 1. The quantitative estimate of drug-likeness (QED) is 0.807. The molecule has 2 rings (SSSR count). The summed E-state index contributed by atoms with van der Waals surface area (Å²) in [5.41, 5.74) is -0.364. The highest BCUT2D eigenvalue weighted by molar-refractivity contribution is 5.94. The van der Waals surface area contributed by atoms with E-state index in [-0.39, 0.29) is 29.2 Å². The van der Waals surface area contributed by atoms with Gasteiger partial charge in [-0.3, -0.25) is 9.59 Å². The van der Waals surface area contributed by atoms with Crippen LogP contribution in [0.3, 0.4) is 0 Å². The maximum Gasteiger partial charge on any atom is 0.240 e. The number of hydrogen-bond acceptors (Lipinski definition) is 3. The average molecular weight is 252 g/mol. The van der Waals surface area contributed by atoms with Gasteiger partial charge in [0.15, 0.2) is 5.78 Å². The zero-order valence-corrected chi connectivity index (χ0v) is 11.7. The van der Waals surface area contributed by atoms with E-state index in [4.69, 9.17) is 0 Å². The van der Waals surface area contributed by atoms with Crippen molar-refractivity contribution >= 4 is 11.7 Å². The van der Waals surface area contributed by atoms with Crippen molar-refractivity contribution < 1.29 is 9.59 Å². The number of nitrogens with zero attached hydrogens (tertiary/aromatic N) is 1. The van der Waals surface area contributed by atoms with Crippen molar-refractivity contribution in [1.29, 1.82) is 0 Å². The molecule has 0 aromatic heterocycles. The Hall–Kier alpha value is -0.900. The highest BCUT2D eigenvalue weighted by Crippen LogP contribution is 2.27. The monoisotopic (exact) mass is 252 g/mol. The maximum absolute atomic E-state index is 12.4. The predicted octanol–water partition coefficient (Wildman–Crippen LogP) is 1.34. The summed E-state index contributed by atoms with van der Waals surface area (Å²) in [7, 11) is 0. The molecule has 0 saturated carbocycles. The Labute approximate surface area is 109 Å². The second kappa shape index (κ2) is 5.00. The summed E-state index contributed by atoms with van der Waals surface area (Å²) in [6.45, 7) is 7.46. The number of amides is 1. The standard InChI is InChI=1S/C14H24N2O2/c1-14(2,3)12(17)11-7-5-9-16(11)13(18)10-6-4-8-15-10/h10-11,15H,4-9H2,1-3H3/t10-,11?/m0/s1. The Bertz CT molecular complexity index is 340. The van der Waals surface area contributed by atoms with E-state index in [1.54, 1.807) is 0 Å². The molecule has 2 aliphatic heterocycles. The van der Waals surface area contributed by atoms with Gasteiger partial charge in [0.1, 0.15) is 0 Å². The molecule has 0 aromatic carbocycles. The average Bonchev–Trinajstić information content (AvgIpc) is 2.97. The molecule has 2 fully saturated rings. The predicted molar refractivity (Wildman–Crippen MR) is 70.2 cm³/mol. The van der Waals surface area contributed by atoms with Gasteiger partial charge < -0.3 is 10.2 Å². The van der Waals surface area contributed by atoms with E-state index in [9.17, 15) is 9.59 Å². The van der Waals surface area contributed by atoms with Crippen LogP contribution in [0, 0.1) is 5.41 Å². The Morgan fingerprint density at radius 2 is 1.89 bits per heavy atom. The van der Waals surface area contributed by atoms with Crippen LogP contribution in [-0.2, 0) is 9.59 Å². The van der Waals surface area contributed by atoms with Crippen LogP contribution in [0.5, 0.6) is 0 Å². The number of carbonyl (C=O) groups excluding carboxylic acids is 2. The third kappa shape index (κ3) is 2.58. The molecule has 1 amide bonds. The van der Waals surface area contributed by atoms with Gasteiger partial charge in [-0.25, -0.2) is 0 Å². The van der Waals surface area contributed by atoms with E-state index in [2.05, 4.69) is 5.32 Å². The van der Waals surface area contributed by atoms with Crippen LogP contribution in [0.25, 0.3) is 0 Å². The number of likely N-dealkylation sites (tertiary alicyclic amines) is 1. The second-order valence-electron chi connectivity index (χ2n) is 6.45. The van der Waals surface area contributed by atoms with Crippen molar-refractivity contribution in [1.82, 2.24) is 10.2 Å². The molecule has 18 heavy (non-hydrogen) atoms. The number of hydrogen-bond donors (Lipinski definition) is 1. The van der Waals surface area contributed by atoms with Crippen LogP contribution >= 0.6 is 0 Å². The van der Waals surface area contributed by atoms with Gasteiger partial charge in [-0.1, -0.05) is 20.8 Å². The Morgan fingerprint density at radius 3 is 2.44 bits per heavy atom. The highest BCUT2D eigenvalue weighted by Gasteiger charge is 2.40. The summed E-state index contributed by atoms with van der Waals surface area (Å²) in [6, 6.07) is -0.252. The lowest BCUT2D eigenvalue weighted by Crippen LogP contribution is -2.50. The topological polar surface area (TPSA) is 49.4 Å². The number of nitrogens with one attached hydrogen (secondary N) is 1. The molecule has 0 spiro atoms. The lowest BCUT2D eigenvalue weighted by atomic mass is 9.85. The van der Waals surface area contributed by atoms with E-state index in [1.807, 2.05) is 25.7 Å². The van der Waals surface area contributed by atoms with Gasteiger partial charge in [0, 0.05) is 12.0 Å². The first-order chi connectivity index (χ1) is 8.41. The van der Waals surface area contributed by atoms with E-state index >= 15 is 0 Å². The summed E-state index contributed by atoms with van der Waals surface area (Å²) >= 11 is 0. The van der Waals surface area contributed by atoms with Gasteiger partial charge in [-0.2, -0.15) is 0 Å². The van der Waals surface area contributed by atoms with E-state index in [0.717, 1.165) is 38.8 Å². The summed E-state index contributed by atoms with van der Waals surface area (Å²) in [5.74, 6) is 0.332. The Balaban J connectivity index is 2.07. The van der Waals surface area contributed by atoms with Crippen molar-refractivity contribution in [3.63, 3.8) is 0 Å². The summed E-state index contributed by atoms with van der Waals surface area (Å²) in [5, 5.41) is 3.23. The van der Waals surface area contributed by atoms with Crippen molar-refractivity contribution in [3.8, 4) is 0 Å². The van der Waals surface area contributed by atoms with Crippen LogP contribution in [0.4, 0.5) is 0 Å². The normalized spacial score (nSPS) is 28.7. The molecule has 1 unspecified atom stereocenters. The fraction of sp³-hybridized carbons (Fsp3) is 0.857. The van der Waals surface area contributed by atoms with E-state index in [1.165, 1.54) is 0 Å². The van der Waals surface area contributed by atoms with Crippen LogP contribution in [-0.4, -0.2) is 41.8 Å². The van der Waals surface area contributed by atoms with Gasteiger partial charge in [0.2, 0.25) is 5.91 Å². The smallest absolute Gasteiger partial charge is 0.240 e. The van der Waals surface area contributed by atoms with Crippen LogP contribution in [0.2, 0.25) is 0 Å². The van der Waals surface area contributed by atoms with Gasteiger partial charge in [0.25, 0.3) is 0 Å². The van der Waals surface area contributed by atoms with Gasteiger partial charge in [-0.05, 0) is 32.2 Å². The first kappa shape index (κ1) is 13.5. The molecule has 1 N–H and O–H groups in total. The molecule has 2 aliphatic rings. The molecule has 0 aromatic rings. The van der Waals surface area contributed by atoms with Crippen molar-refractivity contribution in [2.45, 2.75) is 58.5 Å². The largest absolute Gasteiger partial charge is 0.331 e. The molecule has 0 aliphatic carbocycles. The molecular formula is C14H24N2O2. The minimum absolute atomic E-state index is 0.0571. The highest BCUT2D eigenvalue weighted by atomic mass is 16.2. The van der Waals surface area contributed by atoms with Crippen molar-refractivity contribution in [2.75, 3.05) is 13.1 Å². The molecular weight excluding hydrogens is 228 g/mol. The molecule has 2 atom stereocenters. The zero-order chi connectivity index (χ0) is 13.3. The molecule has 2 saturated heterocycles. The van der Waals surface area contributed by atoms with E-state index in [0.29, 0.717) is 0 Å². The van der Waals surface area contributed by atoms with Crippen LogP contribution < -0.4 is 5.32 Å². The zero-order valence-electron chi connectivity index (χ0n) is 11.7. The molecule has 2 heterocycles. The third-order valence-electron chi connectivity index (χ3n) is 3.94. The molecule has 102 valence electrons.